The number of carbonyl (C=O) groups excluding carboxylic acids is 3. The van der Waals surface area contributed by atoms with E-state index in [-0.39, 0.29) is 36.3 Å². The lowest BCUT2D eigenvalue weighted by Crippen LogP contribution is -2.44. The van der Waals surface area contributed by atoms with Gasteiger partial charge in [-0.25, -0.2) is 4.99 Å². The van der Waals surface area contributed by atoms with Gasteiger partial charge >= 0.3 is 0 Å². The Kier molecular flexibility index (Phi) is 9.18. The highest BCUT2D eigenvalue weighted by Gasteiger charge is 2.41. The zero-order chi connectivity index (χ0) is 29.5. The molecule has 11 heteroatoms. The number of nitrogens with one attached hydrogen (secondary N) is 2. The molecular weight excluding hydrogens is 554 g/mol. The number of thioether (sulfide) groups is 1. The van der Waals surface area contributed by atoms with E-state index >= 15 is 0 Å². The number of ether oxygens (including phenoxy) is 2. The Morgan fingerprint density at radius 2 is 1.69 bits per heavy atom. The summed E-state index contributed by atoms with van der Waals surface area (Å²) in [6, 6.07) is 21.3. The van der Waals surface area contributed by atoms with Gasteiger partial charge in [0.2, 0.25) is 11.8 Å². The monoisotopic (exact) mass is 585 g/mol. The maximum absolute atomic E-state index is 13.1. The van der Waals surface area contributed by atoms with E-state index in [1.165, 1.54) is 11.8 Å². The van der Waals surface area contributed by atoms with E-state index in [9.17, 15) is 14.4 Å². The number of hydrogen-bond acceptors (Lipinski definition) is 8. The molecule has 0 saturated heterocycles. The molecular formula is C31H31N5O5S. The summed E-state index contributed by atoms with van der Waals surface area (Å²) in [6.45, 7) is 2.84. The first-order chi connectivity index (χ1) is 20.4. The molecule has 3 amide bonds. The van der Waals surface area contributed by atoms with Crippen molar-refractivity contribution in [3.63, 3.8) is 0 Å². The molecule has 0 aliphatic carbocycles. The molecule has 3 aromatic carbocycles. The smallest absolute Gasteiger partial charge is 0.270 e. The van der Waals surface area contributed by atoms with Crippen LogP contribution < -0.4 is 20.1 Å². The van der Waals surface area contributed by atoms with Gasteiger partial charge in [-0.2, -0.15) is 4.99 Å². The normalized spacial score (nSPS) is 15.2. The molecule has 0 aromatic heterocycles. The minimum Gasteiger partial charge on any atom is -0.497 e. The predicted molar refractivity (Wildman–Crippen MR) is 163 cm³/mol. The summed E-state index contributed by atoms with van der Waals surface area (Å²) in [5, 5.41) is 6.27. The fourth-order valence-electron chi connectivity index (χ4n) is 4.60. The molecule has 10 nitrogen and oxygen atoms in total. The summed E-state index contributed by atoms with van der Waals surface area (Å²) < 4.78 is 10.6. The number of fused-ring (bicyclic) bond motifs is 3. The van der Waals surface area contributed by atoms with E-state index in [4.69, 9.17) is 14.5 Å². The van der Waals surface area contributed by atoms with Gasteiger partial charge in [0.25, 0.3) is 5.91 Å². The number of carbonyl (C=O) groups is 3. The van der Waals surface area contributed by atoms with Crippen LogP contribution in [0.15, 0.2) is 82.8 Å². The molecule has 1 atom stereocenters. The number of aliphatic imine (C=N–C) groups is 2. The molecule has 0 fully saturated rings. The summed E-state index contributed by atoms with van der Waals surface area (Å²) in [7, 11) is 1.60. The molecule has 3 aromatic rings. The second-order valence-corrected chi connectivity index (χ2v) is 10.5. The van der Waals surface area contributed by atoms with Crippen LogP contribution in [-0.2, 0) is 20.9 Å². The summed E-state index contributed by atoms with van der Waals surface area (Å²) in [4.78, 5) is 49.4. The molecule has 216 valence electrons. The van der Waals surface area contributed by atoms with Crippen molar-refractivity contribution in [3.8, 4) is 11.5 Å². The van der Waals surface area contributed by atoms with Crippen molar-refractivity contribution in [2.24, 2.45) is 9.98 Å². The SMILES string of the molecule is CCOc1ccc(NC(=O)CSC2=Nc3ccccc3C3=NC(=O)C(CCC(=O)NCc4ccc(OC)cc4)N23)cc1. The van der Waals surface area contributed by atoms with Crippen molar-refractivity contribution in [2.45, 2.75) is 32.4 Å². The van der Waals surface area contributed by atoms with Crippen LogP contribution in [-0.4, -0.2) is 59.1 Å². The quantitative estimate of drug-likeness (QED) is 0.339. The van der Waals surface area contributed by atoms with E-state index in [0.717, 1.165) is 22.6 Å². The van der Waals surface area contributed by atoms with Gasteiger partial charge in [0, 0.05) is 24.2 Å². The molecule has 0 radical (unpaired) electrons. The molecule has 2 aliphatic rings. The van der Waals surface area contributed by atoms with Crippen LogP contribution in [0.4, 0.5) is 11.4 Å². The Labute approximate surface area is 248 Å². The van der Waals surface area contributed by atoms with E-state index in [0.29, 0.717) is 35.5 Å². The number of nitrogens with zero attached hydrogens (tertiary/aromatic N) is 3. The third kappa shape index (κ3) is 6.80. The van der Waals surface area contributed by atoms with Crippen LogP contribution in [0.25, 0.3) is 0 Å². The maximum atomic E-state index is 13.1. The largest absolute Gasteiger partial charge is 0.497 e. The van der Waals surface area contributed by atoms with Crippen molar-refractivity contribution in [1.82, 2.24) is 10.2 Å². The lowest BCUT2D eigenvalue weighted by Gasteiger charge is -2.31. The Morgan fingerprint density at radius 1 is 0.952 bits per heavy atom. The summed E-state index contributed by atoms with van der Waals surface area (Å²) in [5.74, 6) is 1.30. The number of anilines is 1. The highest BCUT2D eigenvalue weighted by atomic mass is 32.2. The van der Waals surface area contributed by atoms with Crippen LogP contribution >= 0.6 is 11.8 Å². The molecule has 2 N–H and O–H groups in total. The Bertz CT molecular complexity index is 1520. The topological polar surface area (TPSA) is 122 Å². The molecule has 0 saturated carbocycles. The molecule has 1 unspecified atom stereocenters. The Hall–Kier alpha value is -4.64. The Morgan fingerprint density at radius 3 is 2.43 bits per heavy atom. The Balaban J connectivity index is 1.23. The molecule has 0 spiro atoms. The molecule has 42 heavy (non-hydrogen) atoms. The number of methoxy groups -OCH3 is 1. The zero-order valence-electron chi connectivity index (χ0n) is 23.3. The first-order valence-corrected chi connectivity index (χ1v) is 14.6. The van der Waals surface area contributed by atoms with E-state index in [1.807, 2.05) is 55.5 Å². The lowest BCUT2D eigenvalue weighted by molar-refractivity contribution is -0.122. The number of para-hydroxylation sites is 1. The van der Waals surface area contributed by atoms with Crippen molar-refractivity contribution in [2.75, 3.05) is 24.8 Å². The van der Waals surface area contributed by atoms with Gasteiger partial charge in [-0.05, 0) is 67.4 Å². The predicted octanol–water partition coefficient (Wildman–Crippen LogP) is 4.52. The van der Waals surface area contributed by atoms with Gasteiger partial charge in [-0.15, -0.1) is 0 Å². The average molecular weight is 586 g/mol. The average Bonchev–Trinajstić information content (AvgIpc) is 3.35. The fraction of sp³-hybridized carbons (Fsp3) is 0.258. The summed E-state index contributed by atoms with van der Waals surface area (Å²) in [6.07, 6.45) is 0.379. The molecule has 5 rings (SSSR count). The summed E-state index contributed by atoms with van der Waals surface area (Å²) in [5.41, 5.74) is 3.00. The van der Waals surface area contributed by atoms with Gasteiger partial charge in [0.05, 0.1) is 25.2 Å². The number of rotatable bonds is 11. The van der Waals surface area contributed by atoms with Crippen LogP contribution in [0.3, 0.4) is 0 Å². The first kappa shape index (κ1) is 28.9. The third-order valence-corrected chi connectivity index (χ3v) is 7.64. The zero-order valence-corrected chi connectivity index (χ0v) is 24.1. The van der Waals surface area contributed by atoms with Crippen molar-refractivity contribution in [3.05, 3.63) is 83.9 Å². The molecule has 0 bridgehead atoms. The minimum atomic E-state index is -0.694. The van der Waals surface area contributed by atoms with Gasteiger partial charge < -0.3 is 20.1 Å². The fourth-order valence-corrected chi connectivity index (χ4v) is 5.45. The van der Waals surface area contributed by atoms with Gasteiger partial charge in [-0.1, -0.05) is 36.0 Å². The van der Waals surface area contributed by atoms with E-state index in [2.05, 4.69) is 15.6 Å². The minimum absolute atomic E-state index is 0.0707. The van der Waals surface area contributed by atoms with Crippen molar-refractivity contribution >= 4 is 51.9 Å². The lowest BCUT2D eigenvalue weighted by atomic mass is 10.1. The van der Waals surface area contributed by atoms with E-state index < -0.39 is 6.04 Å². The van der Waals surface area contributed by atoms with Gasteiger partial charge in [0.1, 0.15) is 23.4 Å². The van der Waals surface area contributed by atoms with Crippen molar-refractivity contribution in [1.29, 1.82) is 0 Å². The number of amides is 3. The number of amidine groups is 2. The van der Waals surface area contributed by atoms with Crippen LogP contribution in [0.1, 0.15) is 30.9 Å². The highest BCUT2D eigenvalue weighted by molar-refractivity contribution is 8.14. The standard InChI is InChI=1S/C31H31N5O5S/c1-3-41-23-14-10-21(11-15-23)33-28(38)19-42-31-34-25-7-5-4-6-24(25)29-35-30(39)26(36(29)31)16-17-27(37)32-18-20-8-12-22(40-2)13-9-20/h4-15,26H,3,16-19H2,1-2H3,(H,32,37)(H,33,38). The van der Waals surface area contributed by atoms with E-state index in [1.54, 1.807) is 36.3 Å². The highest BCUT2D eigenvalue weighted by Crippen LogP contribution is 2.35. The second-order valence-electron chi connectivity index (χ2n) is 9.53. The number of benzene rings is 3. The second kappa shape index (κ2) is 13.3. The van der Waals surface area contributed by atoms with Crippen molar-refractivity contribution < 1.29 is 23.9 Å². The third-order valence-electron chi connectivity index (χ3n) is 6.68. The molecule has 2 heterocycles. The van der Waals surface area contributed by atoms with Crippen LogP contribution in [0.2, 0.25) is 0 Å². The van der Waals surface area contributed by atoms with Gasteiger partial charge in [0.15, 0.2) is 5.17 Å². The van der Waals surface area contributed by atoms with Crippen LogP contribution in [0.5, 0.6) is 11.5 Å². The molecule has 2 aliphatic heterocycles. The maximum Gasteiger partial charge on any atom is 0.270 e. The number of hydrogen-bond donors (Lipinski definition) is 2. The van der Waals surface area contributed by atoms with Crippen LogP contribution in [0, 0.1) is 0 Å². The first-order valence-electron chi connectivity index (χ1n) is 13.6. The van der Waals surface area contributed by atoms with Gasteiger partial charge in [-0.3, -0.25) is 19.3 Å². The summed E-state index contributed by atoms with van der Waals surface area (Å²) >= 11 is 1.22.